The first-order valence-corrected chi connectivity index (χ1v) is 5.54. The maximum Gasteiger partial charge on any atom is 0.131 e. The molecule has 0 bridgehead atoms. The van der Waals surface area contributed by atoms with Gasteiger partial charge in [0, 0.05) is 18.3 Å². The van der Waals surface area contributed by atoms with Gasteiger partial charge in [-0.25, -0.2) is 9.97 Å². The van der Waals surface area contributed by atoms with E-state index in [0.717, 1.165) is 17.3 Å². The fourth-order valence-electron chi connectivity index (χ4n) is 2.13. The van der Waals surface area contributed by atoms with Crippen LogP contribution in [0.1, 0.15) is 49.9 Å². The van der Waals surface area contributed by atoms with Crippen molar-refractivity contribution in [1.82, 2.24) is 9.97 Å². The van der Waals surface area contributed by atoms with E-state index in [1.807, 2.05) is 19.3 Å². The number of hydrogen-bond donors (Lipinski definition) is 0. The normalized spacial score (nSPS) is 27.6. The molecule has 14 heavy (non-hydrogen) atoms. The van der Waals surface area contributed by atoms with Crippen LogP contribution in [-0.4, -0.2) is 9.97 Å². The van der Waals surface area contributed by atoms with Crippen LogP contribution >= 0.6 is 0 Å². The van der Waals surface area contributed by atoms with Crippen LogP contribution in [0.25, 0.3) is 0 Å². The lowest BCUT2D eigenvalue weighted by Gasteiger charge is -2.24. The van der Waals surface area contributed by atoms with Gasteiger partial charge in [-0.05, 0) is 31.2 Å². The van der Waals surface area contributed by atoms with E-state index >= 15 is 0 Å². The Hall–Kier alpha value is -0.920. The molecular formula is C12H18N2. The SMILES string of the molecule is Cc1cnc(C2CCC(C)CC2)nc1. The topological polar surface area (TPSA) is 25.8 Å². The summed E-state index contributed by atoms with van der Waals surface area (Å²) in [5, 5.41) is 0. The Morgan fingerprint density at radius 3 is 2.21 bits per heavy atom. The molecule has 1 aliphatic rings. The van der Waals surface area contributed by atoms with Crippen molar-refractivity contribution in [2.45, 2.75) is 45.4 Å². The molecule has 0 spiro atoms. The smallest absolute Gasteiger partial charge is 0.131 e. The molecular weight excluding hydrogens is 172 g/mol. The molecule has 1 aliphatic carbocycles. The van der Waals surface area contributed by atoms with Gasteiger partial charge in [0.25, 0.3) is 0 Å². The average molecular weight is 190 g/mol. The second-order valence-electron chi connectivity index (χ2n) is 4.58. The first-order chi connectivity index (χ1) is 6.75. The fraction of sp³-hybridized carbons (Fsp3) is 0.667. The molecule has 1 fully saturated rings. The lowest BCUT2D eigenvalue weighted by atomic mass is 9.82. The quantitative estimate of drug-likeness (QED) is 0.680. The van der Waals surface area contributed by atoms with Gasteiger partial charge in [0.2, 0.25) is 0 Å². The van der Waals surface area contributed by atoms with Crippen molar-refractivity contribution in [2.75, 3.05) is 0 Å². The number of nitrogens with zero attached hydrogens (tertiary/aromatic N) is 2. The van der Waals surface area contributed by atoms with Crippen LogP contribution in [0.15, 0.2) is 12.4 Å². The van der Waals surface area contributed by atoms with Crippen molar-refractivity contribution < 1.29 is 0 Å². The molecule has 2 nitrogen and oxygen atoms in total. The Morgan fingerprint density at radius 2 is 1.64 bits per heavy atom. The van der Waals surface area contributed by atoms with Gasteiger partial charge in [0.05, 0.1) is 0 Å². The van der Waals surface area contributed by atoms with Crippen LogP contribution < -0.4 is 0 Å². The Balaban J connectivity index is 2.05. The monoisotopic (exact) mass is 190 g/mol. The second-order valence-corrected chi connectivity index (χ2v) is 4.58. The van der Waals surface area contributed by atoms with E-state index in [2.05, 4.69) is 16.9 Å². The van der Waals surface area contributed by atoms with E-state index in [-0.39, 0.29) is 0 Å². The predicted octanol–water partition coefficient (Wildman–Crippen LogP) is 3.08. The minimum atomic E-state index is 0.617. The predicted molar refractivity (Wildman–Crippen MR) is 57.1 cm³/mol. The molecule has 1 aromatic heterocycles. The maximum absolute atomic E-state index is 4.42. The van der Waals surface area contributed by atoms with Crippen LogP contribution in [0.3, 0.4) is 0 Å². The van der Waals surface area contributed by atoms with Gasteiger partial charge in [-0.2, -0.15) is 0 Å². The Morgan fingerprint density at radius 1 is 1.07 bits per heavy atom. The molecule has 0 radical (unpaired) electrons. The van der Waals surface area contributed by atoms with E-state index < -0.39 is 0 Å². The third-order valence-electron chi connectivity index (χ3n) is 3.18. The molecule has 0 aliphatic heterocycles. The van der Waals surface area contributed by atoms with Gasteiger partial charge >= 0.3 is 0 Å². The van der Waals surface area contributed by atoms with Crippen LogP contribution in [-0.2, 0) is 0 Å². The van der Waals surface area contributed by atoms with Crippen LogP contribution in [0, 0.1) is 12.8 Å². The minimum Gasteiger partial charge on any atom is -0.241 e. The highest BCUT2D eigenvalue weighted by Gasteiger charge is 2.21. The minimum absolute atomic E-state index is 0.617. The number of rotatable bonds is 1. The third kappa shape index (κ3) is 2.11. The molecule has 1 heterocycles. The van der Waals surface area contributed by atoms with Crippen molar-refractivity contribution in [2.24, 2.45) is 5.92 Å². The average Bonchev–Trinajstić information content (AvgIpc) is 2.21. The summed E-state index contributed by atoms with van der Waals surface area (Å²) in [4.78, 5) is 8.83. The molecule has 0 N–H and O–H groups in total. The van der Waals surface area contributed by atoms with Crippen molar-refractivity contribution in [1.29, 1.82) is 0 Å². The highest BCUT2D eigenvalue weighted by atomic mass is 14.9. The largest absolute Gasteiger partial charge is 0.241 e. The van der Waals surface area contributed by atoms with Crippen molar-refractivity contribution in [3.63, 3.8) is 0 Å². The Kier molecular flexibility index (Phi) is 2.80. The molecule has 2 heteroatoms. The highest BCUT2D eigenvalue weighted by Crippen LogP contribution is 2.33. The zero-order valence-electron chi connectivity index (χ0n) is 9.03. The van der Waals surface area contributed by atoms with Gasteiger partial charge in [0.15, 0.2) is 0 Å². The van der Waals surface area contributed by atoms with Crippen molar-refractivity contribution in [3.8, 4) is 0 Å². The van der Waals surface area contributed by atoms with Crippen LogP contribution in [0.5, 0.6) is 0 Å². The molecule has 1 aromatic rings. The molecule has 0 unspecified atom stereocenters. The molecule has 0 saturated heterocycles. The van der Waals surface area contributed by atoms with Crippen molar-refractivity contribution >= 4 is 0 Å². The fourth-order valence-corrected chi connectivity index (χ4v) is 2.13. The van der Waals surface area contributed by atoms with Gasteiger partial charge in [-0.1, -0.05) is 19.8 Å². The van der Waals surface area contributed by atoms with Gasteiger partial charge in [-0.3, -0.25) is 0 Å². The molecule has 0 aromatic carbocycles. The Bertz CT molecular complexity index is 284. The van der Waals surface area contributed by atoms with E-state index in [4.69, 9.17) is 0 Å². The van der Waals surface area contributed by atoms with Gasteiger partial charge in [0.1, 0.15) is 5.82 Å². The van der Waals surface area contributed by atoms with Gasteiger partial charge in [-0.15, -0.1) is 0 Å². The van der Waals surface area contributed by atoms with Crippen LogP contribution in [0.4, 0.5) is 0 Å². The summed E-state index contributed by atoms with van der Waals surface area (Å²) in [6.07, 6.45) is 9.07. The van der Waals surface area contributed by atoms with E-state index in [1.165, 1.54) is 25.7 Å². The maximum atomic E-state index is 4.42. The molecule has 0 atom stereocenters. The molecule has 1 saturated carbocycles. The van der Waals surface area contributed by atoms with Gasteiger partial charge < -0.3 is 0 Å². The summed E-state index contributed by atoms with van der Waals surface area (Å²) in [6, 6.07) is 0. The summed E-state index contributed by atoms with van der Waals surface area (Å²) in [5.74, 6) is 2.57. The summed E-state index contributed by atoms with van der Waals surface area (Å²) in [6.45, 7) is 4.37. The third-order valence-corrected chi connectivity index (χ3v) is 3.18. The zero-order valence-corrected chi connectivity index (χ0v) is 9.03. The lowest BCUT2D eigenvalue weighted by Crippen LogP contribution is -2.13. The summed E-state index contributed by atoms with van der Waals surface area (Å²) < 4.78 is 0. The number of hydrogen-bond acceptors (Lipinski definition) is 2. The first-order valence-electron chi connectivity index (χ1n) is 5.54. The highest BCUT2D eigenvalue weighted by molar-refractivity contribution is 5.05. The zero-order chi connectivity index (χ0) is 9.97. The number of aryl methyl sites for hydroxylation is 1. The van der Waals surface area contributed by atoms with Crippen LogP contribution in [0.2, 0.25) is 0 Å². The summed E-state index contributed by atoms with van der Waals surface area (Å²) in [5.41, 5.74) is 1.15. The first kappa shape index (κ1) is 9.63. The standard InChI is InChI=1S/C12H18N2/c1-9-3-5-11(6-4-9)12-13-7-10(2)8-14-12/h7-9,11H,3-6H2,1-2H3. The lowest BCUT2D eigenvalue weighted by molar-refractivity contribution is 0.339. The summed E-state index contributed by atoms with van der Waals surface area (Å²) >= 11 is 0. The number of aromatic nitrogens is 2. The Labute approximate surface area is 85.8 Å². The second kappa shape index (κ2) is 4.07. The van der Waals surface area contributed by atoms with E-state index in [9.17, 15) is 0 Å². The summed E-state index contributed by atoms with van der Waals surface area (Å²) in [7, 11) is 0. The van der Waals surface area contributed by atoms with E-state index in [0.29, 0.717) is 5.92 Å². The molecule has 2 rings (SSSR count). The van der Waals surface area contributed by atoms with Crippen molar-refractivity contribution in [3.05, 3.63) is 23.8 Å². The molecule has 0 amide bonds. The van der Waals surface area contributed by atoms with E-state index in [1.54, 1.807) is 0 Å². The molecule has 76 valence electrons.